The summed E-state index contributed by atoms with van der Waals surface area (Å²) in [7, 11) is -2.90. The lowest BCUT2D eigenvalue weighted by molar-refractivity contribution is 0.422. The Hall–Kier alpha value is -0.0400. The second-order valence-corrected chi connectivity index (χ2v) is 10.1. The predicted molar refractivity (Wildman–Crippen MR) is 91.2 cm³/mol. The van der Waals surface area contributed by atoms with E-state index in [4.69, 9.17) is 0 Å². The van der Waals surface area contributed by atoms with Crippen molar-refractivity contribution >= 4 is 37.5 Å². The summed E-state index contributed by atoms with van der Waals surface area (Å²) < 4.78 is 23.4. The van der Waals surface area contributed by atoms with E-state index in [-0.39, 0.29) is 11.3 Å². The van der Waals surface area contributed by atoms with Crippen molar-refractivity contribution in [2.75, 3.05) is 17.8 Å². The van der Waals surface area contributed by atoms with E-state index in [0.717, 1.165) is 15.9 Å². The molecule has 0 aliphatic heterocycles. The Morgan fingerprint density at radius 2 is 1.95 bits per heavy atom. The molecule has 0 atom stereocenters. The fourth-order valence-electron chi connectivity index (χ4n) is 1.47. The van der Waals surface area contributed by atoms with Gasteiger partial charge in [0.25, 0.3) is 0 Å². The highest BCUT2D eigenvalue weighted by atomic mass is 79.9. The molecule has 0 aliphatic carbocycles. The van der Waals surface area contributed by atoms with Crippen molar-refractivity contribution in [1.29, 1.82) is 0 Å². The lowest BCUT2D eigenvalue weighted by Crippen LogP contribution is -2.35. The lowest BCUT2D eigenvalue weighted by atomic mass is 10.1. The van der Waals surface area contributed by atoms with Crippen LogP contribution in [0.4, 0.5) is 0 Å². The minimum absolute atomic E-state index is 0.0573. The summed E-state index contributed by atoms with van der Waals surface area (Å²) >= 11 is 5.06. The number of thioether (sulfide) groups is 1. The largest absolute Gasteiger partial charge is 0.308 e. The van der Waals surface area contributed by atoms with Crippen molar-refractivity contribution in [3.8, 4) is 0 Å². The fourth-order valence-corrected chi connectivity index (χ4v) is 4.28. The second kappa shape index (κ2) is 7.29. The van der Waals surface area contributed by atoms with E-state index in [1.165, 1.54) is 11.8 Å². The van der Waals surface area contributed by atoms with Gasteiger partial charge in [-0.1, -0.05) is 22.0 Å². The minimum Gasteiger partial charge on any atom is -0.308 e. The Kier molecular flexibility index (Phi) is 6.57. The first kappa shape index (κ1) is 18.0. The number of halogens is 1. The van der Waals surface area contributed by atoms with E-state index in [1.807, 2.05) is 12.1 Å². The molecule has 0 radical (unpaired) electrons. The monoisotopic (exact) mass is 379 g/mol. The average molecular weight is 380 g/mol. The molecular formula is C14H22BrNO2S2. The van der Waals surface area contributed by atoms with Crippen LogP contribution in [0.1, 0.15) is 26.3 Å². The van der Waals surface area contributed by atoms with Crippen LogP contribution < -0.4 is 5.32 Å². The van der Waals surface area contributed by atoms with E-state index in [1.54, 1.807) is 11.8 Å². The van der Waals surface area contributed by atoms with Crippen LogP contribution in [-0.2, 0) is 16.4 Å². The van der Waals surface area contributed by atoms with Crippen molar-refractivity contribution in [2.45, 2.75) is 37.8 Å². The summed E-state index contributed by atoms with van der Waals surface area (Å²) in [6.07, 6.45) is 1.27. The van der Waals surface area contributed by atoms with Gasteiger partial charge in [0.15, 0.2) is 0 Å². The molecule has 0 saturated heterocycles. The molecule has 1 rings (SSSR count). The number of hydrogen-bond donors (Lipinski definition) is 1. The first-order valence-electron chi connectivity index (χ1n) is 6.41. The third-order valence-corrected chi connectivity index (χ3v) is 5.35. The van der Waals surface area contributed by atoms with E-state index < -0.39 is 9.84 Å². The molecule has 1 aromatic rings. The van der Waals surface area contributed by atoms with Gasteiger partial charge in [-0.3, -0.25) is 0 Å². The van der Waals surface area contributed by atoms with Crippen molar-refractivity contribution in [3.63, 3.8) is 0 Å². The summed E-state index contributed by atoms with van der Waals surface area (Å²) in [4.78, 5) is 1.12. The van der Waals surface area contributed by atoms with Gasteiger partial charge in [-0.15, -0.1) is 11.8 Å². The molecule has 0 aliphatic rings. The standard InChI is InChI=1S/C14H22BrNO2S2/c1-14(2,3)16-10-11-5-6-12(15)9-13(11)19-7-8-20(4,17)18/h5-6,9,16H,7-8,10H2,1-4H3. The van der Waals surface area contributed by atoms with Gasteiger partial charge in [-0.25, -0.2) is 8.42 Å². The number of rotatable bonds is 6. The predicted octanol–water partition coefficient (Wildman–Crippen LogP) is 3.47. The van der Waals surface area contributed by atoms with E-state index >= 15 is 0 Å². The zero-order chi connectivity index (χ0) is 15.4. The average Bonchev–Trinajstić information content (AvgIpc) is 2.25. The van der Waals surface area contributed by atoms with Crippen LogP contribution in [0.15, 0.2) is 27.6 Å². The molecule has 3 nitrogen and oxygen atoms in total. The maximum absolute atomic E-state index is 11.2. The zero-order valence-electron chi connectivity index (χ0n) is 12.4. The molecular weight excluding hydrogens is 358 g/mol. The number of benzene rings is 1. The quantitative estimate of drug-likeness (QED) is 0.768. The van der Waals surface area contributed by atoms with Crippen molar-refractivity contribution in [1.82, 2.24) is 5.32 Å². The van der Waals surface area contributed by atoms with Gasteiger partial charge in [0.05, 0.1) is 5.75 Å². The van der Waals surface area contributed by atoms with Crippen LogP contribution >= 0.6 is 27.7 Å². The van der Waals surface area contributed by atoms with Gasteiger partial charge in [-0.2, -0.15) is 0 Å². The van der Waals surface area contributed by atoms with Crippen LogP contribution in [0.25, 0.3) is 0 Å². The molecule has 0 spiro atoms. The molecule has 0 aromatic heterocycles. The van der Waals surface area contributed by atoms with Gasteiger partial charge in [-0.05, 0) is 38.5 Å². The van der Waals surface area contributed by atoms with Crippen molar-refractivity contribution < 1.29 is 8.42 Å². The van der Waals surface area contributed by atoms with Crippen LogP contribution in [0, 0.1) is 0 Å². The fraction of sp³-hybridized carbons (Fsp3) is 0.571. The maximum atomic E-state index is 11.2. The minimum atomic E-state index is -2.90. The number of nitrogens with one attached hydrogen (secondary N) is 1. The smallest absolute Gasteiger partial charge is 0.148 e. The molecule has 0 fully saturated rings. The normalized spacial score (nSPS) is 12.7. The van der Waals surface area contributed by atoms with E-state index in [9.17, 15) is 8.42 Å². The molecule has 0 bridgehead atoms. The zero-order valence-corrected chi connectivity index (χ0v) is 15.6. The van der Waals surface area contributed by atoms with Gasteiger partial charge < -0.3 is 5.32 Å². The molecule has 6 heteroatoms. The number of sulfone groups is 1. The van der Waals surface area contributed by atoms with Gasteiger partial charge in [0.2, 0.25) is 0 Å². The highest BCUT2D eigenvalue weighted by Crippen LogP contribution is 2.27. The van der Waals surface area contributed by atoms with Crippen molar-refractivity contribution in [2.24, 2.45) is 0 Å². The van der Waals surface area contributed by atoms with Gasteiger partial charge in [0, 0.05) is 33.5 Å². The van der Waals surface area contributed by atoms with E-state index in [2.05, 4.69) is 48.1 Å². The van der Waals surface area contributed by atoms with Crippen LogP contribution in [0.5, 0.6) is 0 Å². The molecule has 1 N–H and O–H groups in total. The molecule has 0 unspecified atom stereocenters. The van der Waals surface area contributed by atoms with Crippen LogP contribution in [0.2, 0.25) is 0 Å². The third kappa shape index (κ3) is 7.67. The van der Waals surface area contributed by atoms with Gasteiger partial charge >= 0.3 is 0 Å². The summed E-state index contributed by atoms with van der Waals surface area (Å²) in [6.45, 7) is 7.16. The highest BCUT2D eigenvalue weighted by Gasteiger charge is 2.11. The maximum Gasteiger partial charge on any atom is 0.148 e. The lowest BCUT2D eigenvalue weighted by Gasteiger charge is -2.21. The van der Waals surface area contributed by atoms with E-state index in [0.29, 0.717) is 5.75 Å². The molecule has 0 amide bonds. The molecule has 114 valence electrons. The summed E-state index contributed by atoms with van der Waals surface area (Å²) in [6, 6.07) is 6.14. The Labute approximate surface area is 135 Å². The summed E-state index contributed by atoms with van der Waals surface area (Å²) in [5.41, 5.74) is 1.25. The Morgan fingerprint density at radius 3 is 2.50 bits per heavy atom. The summed E-state index contributed by atoms with van der Waals surface area (Å²) in [5.74, 6) is 0.786. The number of hydrogen-bond acceptors (Lipinski definition) is 4. The molecule has 1 aromatic carbocycles. The van der Waals surface area contributed by atoms with Crippen LogP contribution in [0.3, 0.4) is 0 Å². The van der Waals surface area contributed by atoms with Crippen LogP contribution in [-0.4, -0.2) is 31.7 Å². The molecule has 20 heavy (non-hydrogen) atoms. The Morgan fingerprint density at radius 1 is 1.30 bits per heavy atom. The SMILES string of the molecule is CC(C)(C)NCc1ccc(Br)cc1SCCS(C)(=O)=O. The first-order chi connectivity index (χ1) is 9.07. The topological polar surface area (TPSA) is 46.2 Å². The van der Waals surface area contributed by atoms with Gasteiger partial charge in [0.1, 0.15) is 9.84 Å². The molecule has 0 heterocycles. The second-order valence-electron chi connectivity index (χ2n) is 5.83. The van der Waals surface area contributed by atoms with Crippen molar-refractivity contribution in [3.05, 3.63) is 28.2 Å². The third-order valence-electron chi connectivity index (χ3n) is 2.55. The summed E-state index contributed by atoms with van der Waals surface area (Å²) in [5, 5.41) is 3.46. The first-order valence-corrected chi connectivity index (χ1v) is 10.2. The molecule has 0 saturated carbocycles. The Balaban J connectivity index is 2.74. The Bertz CT molecular complexity index is 551. The highest BCUT2D eigenvalue weighted by molar-refractivity contribution is 9.10.